The second-order valence-electron chi connectivity index (χ2n) is 6.11. The number of nitrogens with zero attached hydrogens (tertiary/aromatic N) is 1. The fourth-order valence-corrected chi connectivity index (χ4v) is 4.37. The Balaban J connectivity index is 2.11. The van der Waals surface area contributed by atoms with Crippen molar-refractivity contribution in [3.8, 4) is 5.75 Å². The number of anilines is 1. The molecule has 3 N–H and O–H groups in total. The number of phenolic OH excluding ortho intramolecular Hbond substituents is 1. The number of hydrogen-bond acceptors (Lipinski definition) is 7. The first-order valence-electron chi connectivity index (χ1n) is 7.91. The summed E-state index contributed by atoms with van der Waals surface area (Å²) in [5.74, 6) is -0.292. The van der Waals surface area contributed by atoms with Gasteiger partial charge < -0.3 is 5.11 Å². The van der Waals surface area contributed by atoms with E-state index in [1.54, 1.807) is 0 Å². The maximum Gasteiger partial charge on any atom is 0.294 e. The molecular formula is C17H14N2O8S2. The number of phenols is 1. The molecule has 152 valence electrons. The number of rotatable bonds is 5. The molecule has 0 unspecified atom stereocenters. The van der Waals surface area contributed by atoms with Crippen LogP contribution in [0.15, 0.2) is 58.3 Å². The molecule has 0 fully saturated rings. The molecule has 0 heterocycles. The normalized spacial score (nSPS) is 12.1. The molecule has 0 aliphatic rings. The molecule has 10 nitrogen and oxygen atoms in total. The van der Waals surface area contributed by atoms with Crippen LogP contribution < -0.4 is 4.72 Å². The van der Waals surface area contributed by atoms with Crippen molar-refractivity contribution in [1.29, 1.82) is 0 Å². The molecule has 0 saturated carbocycles. The average Bonchev–Trinajstić information content (AvgIpc) is 2.63. The van der Waals surface area contributed by atoms with Gasteiger partial charge in [-0.3, -0.25) is 19.4 Å². The Morgan fingerprint density at radius 1 is 0.966 bits per heavy atom. The van der Waals surface area contributed by atoms with Crippen molar-refractivity contribution in [2.24, 2.45) is 0 Å². The van der Waals surface area contributed by atoms with E-state index in [-0.39, 0.29) is 21.7 Å². The Morgan fingerprint density at radius 3 is 2.28 bits per heavy atom. The van der Waals surface area contributed by atoms with Gasteiger partial charge in [0.05, 0.1) is 31.9 Å². The van der Waals surface area contributed by atoms with Crippen LogP contribution in [0.4, 0.5) is 11.4 Å². The van der Waals surface area contributed by atoms with Gasteiger partial charge in [-0.05, 0) is 48.2 Å². The molecule has 29 heavy (non-hydrogen) atoms. The van der Waals surface area contributed by atoms with Crippen molar-refractivity contribution < 1.29 is 31.4 Å². The van der Waals surface area contributed by atoms with Crippen LogP contribution in [0.25, 0.3) is 10.8 Å². The molecule has 0 aliphatic carbocycles. The lowest BCUT2D eigenvalue weighted by Gasteiger charge is -2.11. The summed E-state index contributed by atoms with van der Waals surface area (Å²) in [6, 6.07) is 9.09. The van der Waals surface area contributed by atoms with E-state index in [4.69, 9.17) is 4.55 Å². The number of sulfonamides is 1. The van der Waals surface area contributed by atoms with Crippen LogP contribution in [0, 0.1) is 17.0 Å². The Kier molecular flexibility index (Phi) is 4.94. The lowest BCUT2D eigenvalue weighted by Crippen LogP contribution is -2.13. The van der Waals surface area contributed by atoms with Gasteiger partial charge in [-0.1, -0.05) is 12.1 Å². The number of benzene rings is 3. The van der Waals surface area contributed by atoms with Gasteiger partial charge in [0.15, 0.2) is 0 Å². The first-order valence-corrected chi connectivity index (χ1v) is 10.8. The van der Waals surface area contributed by atoms with Gasteiger partial charge in [0.25, 0.3) is 25.8 Å². The highest BCUT2D eigenvalue weighted by atomic mass is 32.2. The number of nitro groups is 1. The number of nitrogens with one attached hydrogen (secondary N) is 1. The minimum absolute atomic E-state index is 0.0138. The van der Waals surface area contributed by atoms with E-state index in [1.807, 2.05) is 0 Å². The summed E-state index contributed by atoms with van der Waals surface area (Å²) in [4.78, 5) is 9.76. The van der Waals surface area contributed by atoms with Crippen LogP contribution in [0.5, 0.6) is 5.75 Å². The number of nitro benzene ring substituents is 1. The van der Waals surface area contributed by atoms with Crippen molar-refractivity contribution in [3.63, 3.8) is 0 Å². The van der Waals surface area contributed by atoms with Gasteiger partial charge in [0.1, 0.15) is 5.75 Å². The third-order valence-electron chi connectivity index (χ3n) is 4.22. The van der Waals surface area contributed by atoms with Gasteiger partial charge in [-0.2, -0.15) is 8.42 Å². The van der Waals surface area contributed by atoms with Gasteiger partial charge in [-0.15, -0.1) is 0 Å². The molecule has 0 aliphatic heterocycles. The van der Waals surface area contributed by atoms with Crippen molar-refractivity contribution in [2.75, 3.05) is 4.72 Å². The summed E-state index contributed by atoms with van der Waals surface area (Å²) in [5.41, 5.74) is -0.242. The average molecular weight is 438 g/mol. The molecule has 0 atom stereocenters. The second-order valence-corrected chi connectivity index (χ2v) is 9.22. The number of non-ortho nitro benzene ring substituents is 1. The monoisotopic (exact) mass is 438 g/mol. The maximum atomic E-state index is 12.7. The minimum Gasteiger partial charge on any atom is -0.507 e. The topological polar surface area (TPSA) is 164 Å². The van der Waals surface area contributed by atoms with E-state index < -0.39 is 35.6 Å². The highest BCUT2D eigenvalue weighted by Gasteiger charge is 2.22. The molecule has 0 bridgehead atoms. The molecule has 0 spiro atoms. The van der Waals surface area contributed by atoms with Crippen LogP contribution in [0.2, 0.25) is 0 Å². The Bertz CT molecular complexity index is 1370. The van der Waals surface area contributed by atoms with E-state index in [0.29, 0.717) is 10.9 Å². The summed E-state index contributed by atoms with van der Waals surface area (Å²) in [6.07, 6.45) is 0. The second kappa shape index (κ2) is 6.99. The standard InChI is InChI=1S/C17H14N2O8S2/c1-10-14-6-5-12(8-15(14)16(19(21)22)9-17(10)20)28(23,24)18-11-3-2-4-13(7-11)29(25,26)27/h2-9,18,20H,1H3,(H,25,26,27). The molecule has 3 aromatic carbocycles. The molecule has 0 amide bonds. The van der Waals surface area contributed by atoms with Crippen molar-refractivity contribution in [2.45, 2.75) is 16.7 Å². The number of fused-ring (bicyclic) bond motifs is 1. The highest BCUT2D eigenvalue weighted by Crippen LogP contribution is 2.36. The van der Waals surface area contributed by atoms with Crippen LogP contribution >= 0.6 is 0 Å². The summed E-state index contributed by atoms with van der Waals surface area (Å²) in [7, 11) is -8.78. The molecule has 3 aromatic rings. The molecule has 12 heteroatoms. The minimum atomic E-state index is -4.53. The van der Waals surface area contributed by atoms with E-state index in [9.17, 15) is 32.1 Å². The fraction of sp³-hybridized carbons (Fsp3) is 0.0588. The van der Waals surface area contributed by atoms with E-state index in [0.717, 1.165) is 24.3 Å². The fourth-order valence-electron chi connectivity index (χ4n) is 2.77. The summed E-state index contributed by atoms with van der Waals surface area (Å²) in [5, 5.41) is 21.5. The molecule has 0 saturated heterocycles. The van der Waals surface area contributed by atoms with Crippen LogP contribution in [-0.2, 0) is 20.1 Å². The number of hydrogen-bond donors (Lipinski definition) is 3. The number of aryl methyl sites for hydroxylation is 1. The van der Waals surface area contributed by atoms with Crippen LogP contribution in [-0.4, -0.2) is 31.4 Å². The third-order valence-corrected chi connectivity index (χ3v) is 6.45. The lowest BCUT2D eigenvalue weighted by molar-refractivity contribution is -0.383. The van der Waals surface area contributed by atoms with Gasteiger partial charge in [0.2, 0.25) is 0 Å². The number of aromatic hydroxyl groups is 1. The Labute approximate surface area is 165 Å². The Morgan fingerprint density at radius 2 is 1.66 bits per heavy atom. The van der Waals surface area contributed by atoms with Gasteiger partial charge in [0, 0.05) is 0 Å². The molecule has 3 rings (SSSR count). The zero-order valence-electron chi connectivity index (χ0n) is 14.7. The van der Waals surface area contributed by atoms with E-state index >= 15 is 0 Å². The summed E-state index contributed by atoms with van der Waals surface area (Å²) in [6.45, 7) is 1.54. The zero-order valence-corrected chi connectivity index (χ0v) is 16.4. The van der Waals surface area contributed by atoms with E-state index in [2.05, 4.69) is 4.72 Å². The first-order chi connectivity index (χ1) is 13.4. The van der Waals surface area contributed by atoms with Gasteiger partial charge >= 0.3 is 0 Å². The SMILES string of the molecule is Cc1c(O)cc([N+](=O)[O-])c2cc(S(=O)(=O)Nc3cccc(S(=O)(=O)O)c3)ccc12. The van der Waals surface area contributed by atoms with Gasteiger partial charge in [-0.25, -0.2) is 8.42 Å². The van der Waals surface area contributed by atoms with Crippen molar-refractivity contribution >= 4 is 42.3 Å². The highest BCUT2D eigenvalue weighted by molar-refractivity contribution is 7.92. The predicted molar refractivity (Wildman–Crippen MR) is 104 cm³/mol. The van der Waals surface area contributed by atoms with Crippen molar-refractivity contribution in [1.82, 2.24) is 0 Å². The summed E-state index contributed by atoms with van der Waals surface area (Å²) < 4.78 is 59.1. The Hall–Kier alpha value is -3.22. The third kappa shape index (κ3) is 3.99. The predicted octanol–water partition coefficient (Wildman–Crippen LogP) is 2.81. The maximum absolute atomic E-state index is 12.7. The molecular weight excluding hydrogens is 424 g/mol. The van der Waals surface area contributed by atoms with E-state index in [1.165, 1.54) is 31.2 Å². The molecule has 0 aromatic heterocycles. The first kappa shape index (κ1) is 20.5. The summed E-state index contributed by atoms with van der Waals surface area (Å²) >= 11 is 0. The molecule has 0 radical (unpaired) electrons. The van der Waals surface area contributed by atoms with Crippen molar-refractivity contribution in [3.05, 3.63) is 64.2 Å². The smallest absolute Gasteiger partial charge is 0.294 e. The van der Waals surface area contributed by atoms with Crippen LogP contribution in [0.1, 0.15) is 5.56 Å². The van der Waals surface area contributed by atoms with Crippen LogP contribution in [0.3, 0.4) is 0 Å². The lowest BCUT2D eigenvalue weighted by atomic mass is 10.0. The largest absolute Gasteiger partial charge is 0.507 e. The zero-order chi connectivity index (χ0) is 21.6. The quantitative estimate of drug-likeness (QED) is 0.311.